The fraction of sp³-hybridized carbons (Fsp3) is 0.429. The molecule has 0 saturated carbocycles. The van der Waals surface area contributed by atoms with Gasteiger partial charge in [0.2, 0.25) is 0 Å². The third kappa shape index (κ3) is 3.09. The van der Waals surface area contributed by atoms with Crippen LogP contribution in [-0.4, -0.2) is 34.5 Å². The summed E-state index contributed by atoms with van der Waals surface area (Å²) in [5, 5.41) is 8.87. The van der Waals surface area contributed by atoms with Crippen LogP contribution < -0.4 is 0 Å². The molecule has 0 heterocycles. The minimum atomic E-state index is -0.913. The monoisotopic (exact) mass is 249 g/mol. The lowest BCUT2D eigenvalue weighted by atomic mass is 9.97. The van der Waals surface area contributed by atoms with Gasteiger partial charge in [-0.1, -0.05) is 18.2 Å². The first-order valence-electron chi connectivity index (χ1n) is 5.81. The van der Waals surface area contributed by atoms with Crippen LogP contribution in [-0.2, 0) is 4.79 Å². The molecule has 0 unspecified atom stereocenters. The molecule has 0 spiro atoms. The number of amides is 1. The number of carbonyl (C=O) groups excluding carboxylic acids is 1. The van der Waals surface area contributed by atoms with Gasteiger partial charge in [0.1, 0.15) is 0 Å². The van der Waals surface area contributed by atoms with E-state index in [1.54, 1.807) is 33.0 Å². The largest absolute Gasteiger partial charge is 0.481 e. The van der Waals surface area contributed by atoms with Crippen molar-refractivity contribution in [3.63, 3.8) is 0 Å². The van der Waals surface area contributed by atoms with Gasteiger partial charge in [0.25, 0.3) is 5.91 Å². The Morgan fingerprint density at radius 1 is 1.28 bits per heavy atom. The van der Waals surface area contributed by atoms with Crippen LogP contribution in [0.3, 0.4) is 0 Å². The summed E-state index contributed by atoms with van der Waals surface area (Å²) in [5.74, 6) is -1.07. The molecule has 4 nitrogen and oxygen atoms in total. The second kappa shape index (κ2) is 5.21. The topological polar surface area (TPSA) is 57.6 Å². The van der Waals surface area contributed by atoms with Crippen LogP contribution in [0.1, 0.15) is 36.2 Å². The van der Waals surface area contributed by atoms with Gasteiger partial charge in [-0.2, -0.15) is 0 Å². The SMILES string of the molecule is Cc1ccccc1C(=O)N(C)C(C)(C)CC(=O)O. The lowest BCUT2D eigenvalue weighted by Crippen LogP contribution is -2.46. The van der Waals surface area contributed by atoms with Gasteiger partial charge in [-0.05, 0) is 32.4 Å². The zero-order valence-corrected chi connectivity index (χ0v) is 11.2. The molecule has 1 rings (SSSR count). The van der Waals surface area contributed by atoms with Crippen molar-refractivity contribution in [1.29, 1.82) is 0 Å². The van der Waals surface area contributed by atoms with Crippen molar-refractivity contribution < 1.29 is 14.7 Å². The molecule has 0 bridgehead atoms. The van der Waals surface area contributed by atoms with Crippen molar-refractivity contribution in [3.8, 4) is 0 Å². The van der Waals surface area contributed by atoms with E-state index in [-0.39, 0.29) is 12.3 Å². The number of aliphatic carboxylic acids is 1. The average Bonchev–Trinajstić information content (AvgIpc) is 2.26. The molecule has 18 heavy (non-hydrogen) atoms. The van der Waals surface area contributed by atoms with E-state index in [2.05, 4.69) is 0 Å². The van der Waals surface area contributed by atoms with Crippen molar-refractivity contribution >= 4 is 11.9 Å². The van der Waals surface area contributed by atoms with Crippen LogP contribution in [0.5, 0.6) is 0 Å². The molecular formula is C14H19NO3. The van der Waals surface area contributed by atoms with Crippen LogP contribution in [0.4, 0.5) is 0 Å². The molecule has 0 fully saturated rings. The van der Waals surface area contributed by atoms with Crippen molar-refractivity contribution in [2.45, 2.75) is 32.7 Å². The molecule has 0 atom stereocenters. The highest BCUT2D eigenvalue weighted by Crippen LogP contribution is 2.21. The lowest BCUT2D eigenvalue weighted by molar-refractivity contribution is -0.139. The Hall–Kier alpha value is -1.84. The molecule has 0 aliphatic carbocycles. The Labute approximate surface area is 107 Å². The molecule has 1 amide bonds. The molecule has 0 aliphatic heterocycles. The number of carboxylic acids is 1. The fourth-order valence-corrected chi connectivity index (χ4v) is 1.76. The average molecular weight is 249 g/mol. The Kier molecular flexibility index (Phi) is 4.11. The van der Waals surface area contributed by atoms with Crippen LogP contribution in [0.2, 0.25) is 0 Å². The maximum absolute atomic E-state index is 12.3. The summed E-state index contributed by atoms with van der Waals surface area (Å²) in [7, 11) is 1.64. The summed E-state index contributed by atoms with van der Waals surface area (Å²) in [6.45, 7) is 5.36. The zero-order valence-electron chi connectivity index (χ0n) is 11.2. The van der Waals surface area contributed by atoms with E-state index < -0.39 is 11.5 Å². The Bertz CT molecular complexity index is 466. The van der Waals surface area contributed by atoms with Gasteiger partial charge in [0, 0.05) is 18.2 Å². The number of carbonyl (C=O) groups is 2. The second-order valence-corrected chi connectivity index (χ2v) is 5.06. The second-order valence-electron chi connectivity index (χ2n) is 5.06. The predicted molar refractivity (Wildman–Crippen MR) is 69.6 cm³/mol. The quantitative estimate of drug-likeness (QED) is 0.891. The van der Waals surface area contributed by atoms with Crippen LogP contribution in [0.15, 0.2) is 24.3 Å². The summed E-state index contributed by atoms with van der Waals surface area (Å²) in [6, 6.07) is 7.29. The Balaban J connectivity index is 2.97. The van der Waals surface area contributed by atoms with E-state index in [4.69, 9.17) is 5.11 Å². The van der Waals surface area contributed by atoms with Crippen LogP contribution in [0.25, 0.3) is 0 Å². The van der Waals surface area contributed by atoms with E-state index in [1.165, 1.54) is 4.90 Å². The van der Waals surface area contributed by atoms with E-state index in [9.17, 15) is 9.59 Å². The molecule has 0 saturated heterocycles. The Morgan fingerprint density at radius 2 is 1.83 bits per heavy atom. The highest BCUT2D eigenvalue weighted by atomic mass is 16.4. The van der Waals surface area contributed by atoms with Crippen molar-refractivity contribution in [2.24, 2.45) is 0 Å². The molecule has 1 N–H and O–H groups in total. The maximum Gasteiger partial charge on any atom is 0.305 e. The van der Waals surface area contributed by atoms with E-state index >= 15 is 0 Å². The summed E-state index contributed by atoms with van der Waals surface area (Å²) >= 11 is 0. The summed E-state index contributed by atoms with van der Waals surface area (Å²) in [5.41, 5.74) is 0.782. The van der Waals surface area contributed by atoms with Crippen LogP contribution in [0, 0.1) is 6.92 Å². The standard InChI is InChI=1S/C14H19NO3/c1-10-7-5-6-8-11(10)13(18)15(4)14(2,3)9-12(16)17/h5-8H,9H2,1-4H3,(H,16,17). The number of carboxylic acid groups (broad SMARTS) is 1. The molecular weight excluding hydrogens is 230 g/mol. The van der Waals surface area contributed by atoms with Crippen LogP contribution >= 0.6 is 0 Å². The molecule has 4 heteroatoms. The molecule has 0 radical (unpaired) electrons. The van der Waals surface area contributed by atoms with Crippen molar-refractivity contribution in [2.75, 3.05) is 7.05 Å². The first kappa shape index (κ1) is 14.2. The lowest BCUT2D eigenvalue weighted by Gasteiger charge is -2.34. The highest BCUT2D eigenvalue weighted by molar-refractivity contribution is 5.96. The molecule has 0 aromatic heterocycles. The Morgan fingerprint density at radius 3 is 2.33 bits per heavy atom. The first-order chi connectivity index (χ1) is 8.25. The predicted octanol–water partition coefficient (Wildman–Crippen LogP) is 2.32. The number of aryl methyl sites for hydroxylation is 1. The van der Waals surface area contributed by atoms with Crippen molar-refractivity contribution in [3.05, 3.63) is 35.4 Å². The van der Waals surface area contributed by atoms with E-state index in [1.807, 2.05) is 19.1 Å². The summed E-state index contributed by atoms with van der Waals surface area (Å²) in [4.78, 5) is 24.6. The minimum Gasteiger partial charge on any atom is -0.481 e. The zero-order chi connectivity index (χ0) is 13.9. The molecule has 0 aliphatic rings. The number of hydrogen-bond acceptors (Lipinski definition) is 2. The number of rotatable bonds is 4. The van der Waals surface area contributed by atoms with Gasteiger partial charge in [0.05, 0.1) is 6.42 Å². The highest BCUT2D eigenvalue weighted by Gasteiger charge is 2.31. The molecule has 1 aromatic rings. The van der Waals surface area contributed by atoms with E-state index in [0.29, 0.717) is 5.56 Å². The number of nitrogens with zero attached hydrogens (tertiary/aromatic N) is 1. The smallest absolute Gasteiger partial charge is 0.305 e. The van der Waals surface area contributed by atoms with Gasteiger partial charge in [-0.15, -0.1) is 0 Å². The number of benzene rings is 1. The summed E-state index contributed by atoms with van der Waals surface area (Å²) in [6.07, 6.45) is -0.0822. The van der Waals surface area contributed by atoms with Crippen molar-refractivity contribution in [1.82, 2.24) is 4.90 Å². The third-order valence-electron chi connectivity index (χ3n) is 3.17. The molecule has 98 valence electrons. The normalized spacial score (nSPS) is 11.1. The van der Waals surface area contributed by atoms with Gasteiger partial charge >= 0.3 is 5.97 Å². The number of hydrogen-bond donors (Lipinski definition) is 1. The van der Waals surface area contributed by atoms with E-state index in [0.717, 1.165) is 5.56 Å². The fourth-order valence-electron chi connectivity index (χ4n) is 1.76. The summed E-state index contributed by atoms with van der Waals surface area (Å²) < 4.78 is 0. The third-order valence-corrected chi connectivity index (χ3v) is 3.17. The maximum atomic E-state index is 12.3. The minimum absolute atomic E-state index is 0.0822. The van der Waals surface area contributed by atoms with Gasteiger partial charge in [0.15, 0.2) is 0 Å². The van der Waals surface area contributed by atoms with Gasteiger partial charge < -0.3 is 10.0 Å². The first-order valence-corrected chi connectivity index (χ1v) is 5.81. The van der Waals surface area contributed by atoms with Gasteiger partial charge in [-0.25, -0.2) is 0 Å². The molecule has 1 aromatic carbocycles. The van der Waals surface area contributed by atoms with Gasteiger partial charge in [-0.3, -0.25) is 9.59 Å².